The molecule has 3 aromatic rings. The number of benzene rings is 2. The van der Waals surface area contributed by atoms with Crippen molar-refractivity contribution < 1.29 is 9.53 Å². The Morgan fingerprint density at radius 3 is 2.77 bits per heavy atom. The van der Waals surface area contributed by atoms with E-state index in [1.165, 1.54) is 22.5 Å². The monoisotopic (exact) mass is 457 g/mol. The zero-order valence-electron chi connectivity index (χ0n) is 17.6. The van der Waals surface area contributed by atoms with Crippen LogP contribution in [0, 0.1) is 6.92 Å². The number of thioether (sulfide) groups is 1. The third-order valence-electron chi connectivity index (χ3n) is 4.52. The molecule has 1 aromatic heterocycles. The highest BCUT2D eigenvalue weighted by molar-refractivity contribution is 8.00. The number of halogens is 1. The van der Waals surface area contributed by atoms with Gasteiger partial charge in [-0.25, -0.2) is 0 Å². The molecule has 31 heavy (non-hydrogen) atoms. The summed E-state index contributed by atoms with van der Waals surface area (Å²) in [6.07, 6.45) is 0. The Labute approximate surface area is 190 Å². The third-order valence-corrected chi connectivity index (χ3v) is 5.95. The molecule has 2 aromatic carbocycles. The molecule has 0 spiro atoms. The van der Waals surface area contributed by atoms with Gasteiger partial charge in [-0.15, -0.1) is 0 Å². The fraction of sp³-hybridized carbons (Fsp3) is 0.261. The first kappa shape index (κ1) is 22.9. The Kier molecular flexibility index (Phi) is 7.76. The van der Waals surface area contributed by atoms with Gasteiger partial charge in [-0.1, -0.05) is 41.6 Å². The summed E-state index contributed by atoms with van der Waals surface area (Å²) in [5.41, 5.74) is 2.19. The van der Waals surface area contributed by atoms with Crippen LogP contribution < -0.4 is 15.6 Å². The van der Waals surface area contributed by atoms with Crippen molar-refractivity contribution in [2.24, 2.45) is 0 Å². The maximum Gasteiger partial charge on any atom is 0.271 e. The van der Waals surface area contributed by atoms with E-state index in [0.29, 0.717) is 28.9 Å². The summed E-state index contributed by atoms with van der Waals surface area (Å²) in [5.74, 6) is 0.657. The maximum atomic E-state index is 12.6. The van der Waals surface area contributed by atoms with Gasteiger partial charge in [0.15, 0.2) is 0 Å². The van der Waals surface area contributed by atoms with Crippen molar-refractivity contribution >= 4 is 29.3 Å². The minimum Gasteiger partial charge on any atom is -0.494 e. The predicted octanol–water partition coefficient (Wildman–Crippen LogP) is 4.39. The van der Waals surface area contributed by atoms with E-state index in [1.807, 2.05) is 44.2 Å². The largest absolute Gasteiger partial charge is 0.494 e. The van der Waals surface area contributed by atoms with Crippen LogP contribution in [0.1, 0.15) is 25.0 Å². The molecule has 0 aliphatic heterocycles. The van der Waals surface area contributed by atoms with E-state index in [4.69, 9.17) is 16.3 Å². The maximum absolute atomic E-state index is 12.6. The van der Waals surface area contributed by atoms with E-state index in [0.717, 1.165) is 16.9 Å². The number of nitrogens with one attached hydrogen (secondary N) is 1. The molecule has 1 atom stereocenters. The zero-order chi connectivity index (χ0) is 22.4. The summed E-state index contributed by atoms with van der Waals surface area (Å²) in [4.78, 5) is 24.8. The predicted molar refractivity (Wildman–Crippen MR) is 124 cm³/mol. The van der Waals surface area contributed by atoms with Crippen LogP contribution in [0.15, 0.2) is 64.4 Å². The molecule has 8 heteroatoms. The summed E-state index contributed by atoms with van der Waals surface area (Å²) in [6.45, 7) is 6.61. The molecule has 1 heterocycles. The van der Waals surface area contributed by atoms with Crippen LogP contribution in [-0.4, -0.2) is 27.5 Å². The van der Waals surface area contributed by atoms with Gasteiger partial charge in [-0.3, -0.25) is 9.59 Å². The smallest absolute Gasteiger partial charge is 0.271 e. The first-order valence-corrected chi connectivity index (χ1v) is 11.2. The molecule has 0 fully saturated rings. The highest BCUT2D eigenvalue weighted by atomic mass is 35.5. The van der Waals surface area contributed by atoms with Crippen molar-refractivity contribution in [3.8, 4) is 11.4 Å². The molecule has 1 N–H and O–H groups in total. The van der Waals surface area contributed by atoms with Crippen molar-refractivity contribution in [2.45, 2.75) is 37.6 Å². The van der Waals surface area contributed by atoms with Gasteiger partial charge in [-0.2, -0.15) is 9.78 Å². The van der Waals surface area contributed by atoms with Gasteiger partial charge < -0.3 is 10.1 Å². The van der Waals surface area contributed by atoms with Crippen LogP contribution in [0.2, 0.25) is 5.02 Å². The second-order valence-corrected chi connectivity index (χ2v) is 8.68. The van der Waals surface area contributed by atoms with Gasteiger partial charge in [0, 0.05) is 17.6 Å². The number of nitrogens with zero attached hydrogens (tertiary/aromatic N) is 2. The second-order valence-electron chi connectivity index (χ2n) is 6.91. The lowest BCUT2D eigenvalue weighted by Gasteiger charge is -2.13. The van der Waals surface area contributed by atoms with Crippen LogP contribution in [0.25, 0.3) is 5.69 Å². The lowest BCUT2D eigenvalue weighted by Crippen LogP contribution is -2.30. The average molecular weight is 458 g/mol. The van der Waals surface area contributed by atoms with Crippen molar-refractivity contribution in [3.05, 3.63) is 81.1 Å². The Bertz CT molecular complexity index is 1130. The zero-order valence-corrected chi connectivity index (χ0v) is 19.2. The summed E-state index contributed by atoms with van der Waals surface area (Å²) >= 11 is 7.47. The normalized spacial score (nSPS) is 11.7. The van der Waals surface area contributed by atoms with Gasteiger partial charge in [0.05, 0.1) is 17.5 Å². The van der Waals surface area contributed by atoms with E-state index in [1.54, 1.807) is 25.1 Å². The fourth-order valence-electron chi connectivity index (χ4n) is 2.84. The molecule has 0 saturated carbocycles. The summed E-state index contributed by atoms with van der Waals surface area (Å²) in [7, 11) is 0. The van der Waals surface area contributed by atoms with Crippen LogP contribution in [-0.2, 0) is 11.3 Å². The number of hydrogen-bond donors (Lipinski definition) is 1. The molecular weight excluding hydrogens is 434 g/mol. The van der Waals surface area contributed by atoms with Gasteiger partial charge >= 0.3 is 0 Å². The van der Waals surface area contributed by atoms with Crippen molar-refractivity contribution in [1.29, 1.82) is 0 Å². The first-order valence-electron chi connectivity index (χ1n) is 9.90. The molecule has 162 valence electrons. The quantitative estimate of drug-likeness (QED) is 0.508. The topological polar surface area (TPSA) is 73.2 Å². The Balaban J connectivity index is 1.66. The summed E-state index contributed by atoms with van der Waals surface area (Å²) in [5, 5.41) is 8.06. The van der Waals surface area contributed by atoms with E-state index in [-0.39, 0.29) is 11.5 Å². The number of amides is 1. The van der Waals surface area contributed by atoms with Crippen LogP contribution >= 0.6 is 23.4 Å². The SMILES string of the molecule is CCOc1cccc(CNC(=O)[C@H](C)Sc2ccc(=O)n(-c3ccc(C)c(Cl)c3)n2)c1. The van der Waals surface area contributed by atoms with E-state index in [9.17, 15) is 9.59 Å². The second kappa shape index (κ2) is 10.5. The molecule has 0 aliphatic carbocycles. The van der Waals surface area contributed by atoms with Gasteiger partial charge in [-0.05, 0) is 62.2 Å². The number of aromatic nitrogens is 2. The van der Waals surface area contributed by atoms with Crippen molar-refractivity contribution in [1.82, 2.24) is 15.1 Å². The highest BCUT2D eigenvalue weighted by Crippen LogP contribution is 2.22. The van der Waals surface area contributed by atoms with Gasteiger partial charge in [0.2, 0.25) is 5.91 Å². The third kappa shape index (κ3) is 6.12. The number of carbonyl (C=O) groups is 1. The molecule has 0 radical (unpaired) electrons. The van der Waals surface area contributed by atoms with Crippen LogP contribution in [0.5, 0.6) is 5.75 Å². The van der Waals surface area contributed by atoms with Crippen molar-refractivity contribution in [2.75, 3.05) is 6.61 Å². The van der Waals surface area contributed by atoms with Crippen LogP contribution in [0.3, 0.4) is 0 Å². The molecule has 0 bridgehead atoms. The molecule has 0 saturated heterocycles. The number of rotatable bonds is 8. The van der Waals surface area contributed by atoms with Gasteiger partial charge in [0.1, 0.15) is 10.8 Å². The fourth-order valence-corrected chi connectivity index (χ4v) is 3.84. The Hall–Kier alpha value is -2.77. The summed E-state index contributed by atoms with van der Waals surface area (Å²) in [6, 6.07) is 16.0. The number of hydrogen-bond acceptors (Lipinski definition) is 5. The van der Waals surface area contributed by atoms with Crippen LogP contribution in [0.4, 0.5) is 0 Å². The lowest BCUT2D eigenvalue weighted by molar-refractivity contribution is -0.120. The molecule has 3 rings (SSSR count). The molecule has 0 unspecified atom stereocenters. The highest BCUT2D eigenvalue weighted by Gasteiger charge is 2.16. The number of aryl methyl sites for hydroxylation is 1. The lowest BCUT2D eigenvalue weighted by atomic mass is 10.2. The standard InChI is InChI=1S/C23H24ClN3O3S/c1-4-30-19-7-5-6-17(12-19)14-25-23(29)16(3)31-21-10-11-22(28)27(26-21)18-9-8-15(2)20(24)13-18/h5-13,16H,4,14H2,1-3H3,(H,25,29)/t16-/m0/s1. The summed E-state index contributed by atoms with van der Waals surface area (Å²) < 4.78 is 6.78. The van der Waals surface area contributed by atoms with E-state index in [2.05, 4.69) is 10.4 Å². The minimum atomic E-state index is -0.393. The van der Waals surface area contributed by atoms with E-state index >= 15 is 0 Å². The Morgan fingerprint density at radius 1 is 1.23 bits per heavy atom. The van der Waals surface area contributed by atoms with Crippen molar-refractivity contribution in [3.63, 3.8) is 0 Å². The number of carbonyl (C=O) groups excluding carboxylic acids is 1. The minimum absolute atomic E-state index is 0.121. The van der Waals surface area contributed by atoms with E-state index < -0.39 is 5.25 Å². The first-order chi connectivity index (χ1) is 14.9. The molecule has 1 amide bonds. The Morgan fingerprint density at radius 2 is 2.03 bits per heavy atom. The molecule has 0 aliphatic rings. The van der Waals surface area contributed by atoms with Gasteiger partial charge in [0.25, 0.3) is 5.56 Å². The molecule has 6 nitrogen and oxygen atoms in total. The molecular formula is C23H24ClN3O3S. The average Bonchev–Trinajstić information content (AvgIpc) is 2.76. The number of ether oxygens (including phenoxy) is 1.